The molecule has 1 atom stereocenters. The predicted molar refractivity (Wildman–Crippen MR) is 68.3 cm³/mol. The lowest BCUT2D eigenvalue weighted by molar-refractivity contribution is 0.714. The number of pyridine rings is 2. The molecule has 0 aliphatic rings. The summed E-state index contributed by atoms with van der Waals surface area (Å²) in [4.78, 5) is 8.12. The molecule has 0 bridgehead atoms. The summed E-state index contributed by atoms with van der Waals surface area (Å²) in [6.07, 6.45) is 5.95. The average Bonchev–Trinajstić information content (AvgIpc) is 2.32. The van der Waals surface area contributed by atoms with Crippen LogP contribution in [0.1, 0.15) is 22.7 Å². The average molecular weight is 228 g/mol. The van der Waals surface area contributed by atoms with Gasteiger partial charge in [0.05, 0.1) is 0 Å². The van der Waals surface area contributed by atoms with Crippen LogP contribution in [-0.4, -0.2) is 9.97 Å². The van der Waals surface area contributed by atoms with Crippen LogP contribution in [0.2, 0.25) is 0 Å². The van der Waals surface area contributed by atoms with Crippen LogP contribution in [0.25, 0.3) is 0 Å². The Balaban J connectivity index is 2.20. The molecule has 1 unspecified atom stereocenters. The molecule has 88 valence electrons. The monoisotopic (exact) mass is 228 g/mol. The van der Waals surface area contributed by atoms with E-state index in [1.165, 1.54) is 0 Å². The fraction of sp³-hybridized carbons (Fsp3) is 0.231. The van der Waals surface area contributed by atoms with Crippen molar-refractivity contribution in [2.75, 3.05) is 5.73 Å². The smallest absolute Gasteiger partial charge is 0.126 e. The van der Waals surface area contributed by atoms with Crippen molar-refractivity contribution in [2.24, 2.45) is 5.73 Å². The molecular formula is C13H16N4. The molecule has 2 aromatic heterocycles. The Morgan fingerprint density at radius 3 is 2.82 bits per heavy atom. The van der Waals surface area contributed by atoms with Crippen LogP contribution in [0.3, 0.4) is 0 Å². The molecule has 0 saturated heterocycles. The lowest BCUT2D eigenvalue weighted by atomic mass is 9.98. The first-order chi connectivity index (χ1) is 8.18. The largest absolute Gasteiger partial charge is 0.383 e. The summed E-state index contributed by atoms with van der Waals surface area (Å²) in [6, 6.07) is 5.70. The van der Waals surface area contributed by atoms with Crippen LogP contribution in [0, 0.1) is 6.92 Å². The molecule has 4 nitrogen and oxygen atoms in total. The highest BCUT2D eigenvalue weighted by Gasteiger charge is 2.11. The number of rotatable bonds is 3. The van der Waals surface area contributed by atoms with Crippen LogP contribution < -0.4 is 11.5 Å². The summed E-state index contributed by atoms with van der Waals surface area (Å²) in [7, 11) is 0. The molecule has 2 aromatic rings. The van der Waals surface area contributed by atoms with E-state index < -0.39 is 0 Å². The van der Waals surface area contributed by atoms with Gasteiger partial charge in [0.15, 0.2) is 0 Å². The van der Waals surface area contributed by atoms with E-state index >= 15 is 0 Å². The number of nitrogens with zero attached hydrogens (tertiary/aromatic N) is 2. The minimum atomic E-state index is -0.0792. The molecule has 0 amide bonds. The van der Waals surface area contributed by atoms with E-state index in [4.69, 9.17) is 11.5 Å². The van der Waals surface area contributed by atoms with E-state index in [1.54, 1.807) is 12.4 Å². The van der Waals surface area contributed by atoms with E-state index in [1.807, 2.05) is 31.3 Å². The second-order valence-electron chi connectivity index (χ2n) is 4.09. The molecule has 2 heterocycles. The van der Waals surface area contributed by atoms with Gasteiger partial charge in [-0.05, 0) is 42.2 Å². The highest BCUT2D eigenvalue weighted by Crippen LogP contribution is 2.20. The fourth-order valence-electron chi connectivity index (χ4n) is 1.87. The van der Waals surface area contributed by atoms with Gasteiger partial charge in [0.1, 0.15) is 5.82 Å². The molecule has 0 saturated carbocycles. The van der Waals surface area contributed by atoms with Crippen LogP contribution in [0.4, 0.5) is 5.82 Å². The molecule has 0 radical (unpaired) electrons. The van der Waals surface area contributed by atoms with Crippen molar-refractivity contribution in [3.63, 3.8) is 0 Å². The molecule has 4 N–H and O–H groups in total. The summed E-state index contributed by atoms with van der Waals surface area (Å²) >= 11 is 0. The quantitative estimate of drug-likeness (QED) is 0.836. The lowest BCUT2D eigenvalue weighted by Gasteiger charge is -2.15. The van der Waals surface area contributed by atoms with Crippen molar-refractivity contribution in [2.45, 2.75) is 19.4 Å². The number of aromatic nitrogens is 2. The third-order valence-electron chi connectivity index (χ3n) is 2.83. The maximum absolute atomic E-state index is 6.19. The van der Waals surface area contributed by atoms with Gasteiger partial charge in [0.25, 0.3) is 0 Å². The lowest BCUT2D eigenvalue weighted by Crippen LogP contribution is -2.16. The summed E-state index contributed by atoms with van der Waals surface area (Å²) in [5.74, 6) is 0.551. The fourth-order valence-corrected chi connectivity index (χ4v) is 1.87. The van der Waals surface area contributed by atoms with Gasteiger partial charge in [0, 0.05) is 24.6 Å². The second kappa shape index (κ2) is 4.93. The number of hydrogen-bond donors (Lipinski definition) is 2. The highest BCUT2D eigenvalue weighted by molar-refractivity contribution is 5.40. The third kappa shape index (κ3) is 2.60. The van der Waals surface area contributed by atoms with Gasteiger partial charge in [-0.2, -0.15) is 0 Å². The third-order valence-corrected chi connectivity index (χ3v) is 2.83. The molecule has 2 rings (SSSR count). The Hall–Kier alpha value is -1.94. The van der Waals surface area contributed by atoms with Gasteiger partial charge in [-0.25, -0.2) is 4.98 Å². The number of hydrogen-bond acceptors (Lipinski definition) is 4. The first-order valence-corrected chi connectivity index (χ1v) is 5.54. The van der Waals surface area contributed by atoms with Gasteiger partial charge in [0.2, 0.25) is 0 Å². The van der Waals surface area contributed by atoms with Crippen LogP contribution in [-0.2, 0) is 6.42 Å². The summed E-state index contributed by atoms with van der Waals surface area (Å²) < 4.78 is 0. The Bertz CT molecular complexity index is 510. The Morgan fingerprint density at radius 1 is 1.29 bits per heavy atom. The Labute approximate surface area is 101 Å². The molecular weight excluding hydrogens is 212 g/mol. The van der Waals surface area contributed by atoms with Gasteiger partial charge in [-0.15, -0.1) is 0 Å². The van der Waals surface area contributed by atoms with Gasteiger partial charge < -0.3 is 11.5 Å². The van der Waals surface area contributed by atoms with Crippen molar-refractivity contribution < 1.29 is 0 Å². The number of anilines is 1. The van der Waals surface area contributed by atoms with E-state index in [0.29, 0.717) is 12.2 Å². The number of aryl methyl sites for hydroxylation is 1. The topological polar surface area (TPSA) is 77.8 Å². The maximum atomic E-state index is 6.19. The van der Waals surface area contributed by atoms with Crippen molar-refractivity contribution in [1.82, 2.24) is 9.97 Å². The van der Waals surface area contributed by atoms with Gasteiger partial charge >= 0.3 is 0 Å². The molecule has 0 spiro atoms. The van der Waals surface area contributed by atoms with Crippen molar-refractivity contribution in [3.8, 4) is 0 Å². The SMILES string of the molecule is Cc1cnccc1C(N)Cc1cccnc1N. The highest BCUT2D eigenvalue weighted by atomic mass is 14.8. The molecule has 4 heteroatoms. The molecule has 0 fully saturated rings. The van der Waals surface area contributed by atoms with E-state index in [-0.39, 0.29) is 6.04 Å². The number of nitrogen functional groups attached to an aromatic ring is 1. The van der Waals surface area contributed by atoms with E-state index in [2.05, 4.69) is 9.97 Å². The standard InChI is InChI=1S/C13H16N4/c1-9-8-16-6-4-11(9)12(14)7-10-3-2-5-17-13(10)15/h2-6,8,12H,7,14H2,1H3,(H2,15,17). The second-order valence-corrected chi connectivity index (χ2v) is 4.09. The zero-order valence-electron chi connectivity index (χ0n) is 9.80. The van der Waals surface area contributed by atoms with Crippen LogP contribution >= 0.6 is 0 Å². The normalized spacial score (nSPS) is 12.4. The molecule has 17 heavy (non-hydrogen) atoms. The van der Waals surface area contributed by atoms with Crippen LogP contribution in [0.15, 0.2) is 36.8 Å². The minimum absolute atomic E-state index is 0.0792. The zero-order chi connectivity index (χ0) is 12.3. The van der Waals surface area contributed by atoms with E-state index in [9.17, 15) is 0 Å². The van der Waals surface area contributed by atoms with Crippen LogP contribution in [0.5, 0.6) is 0 Å². The first kappa shape index (κ1) is 11.5. The van der Waals surface area contributed by atoms with Crippen molar-refractivity contribution >= 4 is 5.82 Å². The summed E-state index contributed by atoms with van der Waals surface area (Å²) in [5.41, 5.74) is 15.2. The molecule has 0 aromatic carbocycles. The Kier molecular flexibility index (Phi) is 3.35. The maximum Gasteiger partial charge on any atom is 0.126 e. The summed E-state index contributed by atoms with van der Waals surface area (Å²) in [5, 5.41) is 0. The zero-order valence-corrected chi connectivity index (χ0v) is 9.80. The first-order valence-electron chi connectivity index (χ1n) is 5.54. The predicted octanol–water partition coefficient (Wildman–Crippen LogP) is 1.61. The van der Waals surface area contributed by atoms with Crippen molar-refractivity contribution in [1.29, 1.82) is 0 Å². The van der Waals surface area contributed by atoms with E-state index in [0.717, 1.165) is 16.7 Å². The Morgan fingerprint density at radius 2 is 2.12 bits per heavy atom. The summed E-state index contributed by atoms with van der Waals surface area (Å²) in [6.45, 7) is 2.01. The number of nitrogens with two attached hydrogens (primary N) is 2. The van der Waals surface area contributed by atoms with Crippen molar-refractivity contribution in [3.05, 3.63) is 53.5 Å². The van der Waals surface area contributed by atoms with Gasteiger partial charge in [-0.1, -0.05) is 6.07 Å². The van der Waals surface area contributed by atoms with Gasteiger partial charge in [-0.3, -0.25) is 4.98 Å². The molecule has 0 aliphatic heterocycles. The molecule has 0 aliphatic carbocycles. The minimum Gasteiger partial charge on any atom is -0.383 e.